The van der Waals surface area contributed by atoms with Gasteiger partial charge in [-0.2, -0.15) is 0 Å². The van der Waals surface area contributed by atoms with E-state index in [1.807, 2.05) is 0 Å². The van der Waals surface area contributed by atoms with E-state index in [1.54, 1.807) is 6.92 Å². The molecule has 0 bridgehead atoms. The molecule has 3 heteroatoms. The number of rotatable bonds is 3. The van der Waals surface area contributed by atoms with E-state index in [0.29, 0.717) is 5.57 Å². The van der Waals surface area contributed by atoms with Crippen molar-refractivity contribution in [3.63, 3.8) is 0 Å². The lowest BCUT2D eigenvalue weighted by molar-refractivity contribution is -0.138. The molecule has 3 nitrogen and oxygen atoms in total. The standard InChI is InChI=1S/C5H9NO2.C4H10/c1-4(2)5(7)8-3-6;1-3-4-2/h1,3,6H2,2H3;3-4H2,1-2H3. The maximum Gasteiger partial charge on any atom is 0.334 e. The van der Waals surface area contributed by atoms with E-state index in [2.05, 4.69) is 25.2 Å². The van der Waals surface area contributed by atoms with Gasteiger partial charge >= 0.3 is 5.97 Å². The SMILES string of the molecule is C=C(C)C(=O)OCN.CCCC. The Labute approximate surface area is 74.6 Å². The normalized spacial score (nSPS) is 8.00. The Balaban J connectivity index is 0. The van der Waals surface area contributed by atoms with Crippen LogP contribution in [0.15, 0.2) is 12.2 Å². The highest BCUT2D eigenvalue weighted by Gasteiger charge is 1.98. The predicted octanol–water partition coefficient (Wildman–Crippen LogP) is 1.83. The minimum absolute atomic E-state index is 0.0777. The molecule has 0 atom stereocenters. The van der Waals surface area contributed by atoms with Crippen molar-refractivity contribution >= 4 is 5.97 Å². The molecule has 0 spiro atoms. The van der Waals surface area contributed by atoms with Crippen molar-refractivity contribution in [2.45, 2.75) is 33.6 Å². The summed E-state index contributed by atoms with van der Waals surface area (Å²) < 4.78 is 4.34. The molecule has 0 radical (unpaired) electrons. The molecular weight excluding hydrogens is 154 g/mol. The largest absolute Gasteiger partial charge is 0.447 e. The van der Waals surface area contributed by atoms with Crippen molar-refractivity contribution in [2.24, 2.45) is 5.73 Å². The average molecular weight is 173 g/mol. The molecule has 72 valence electrons. The summed E-state index contributed by atoms with van der Waals surface area (Å²) in [7, 11) is 0. The number of ether oxygens (including phenoxy) is 1. The lowest BCUT2D eigenvalue weighted by atomic mass is 10.4. The third kappa shape index (κ3) is 11.9. The van der Waals surface area contributed by atoms with Crippen molar-refractivity contribution < 1.29 is 9.53 Å². The van der Waals surface area contributed by atoms with Crippen molar-refractivity contribution in [1.82, 2.24) is 0 Å². The van der Waals surface area contributed by atoms with Crippen LogP contribution in [0.5, 0.6) is 0 Å². The maximum atomic E-state index is 10.3. The first-order valence-electron chi connectivity index (χ1n) is 4.12. The highest BCUT2D eigenvalue weighted by atomic mass is 16.5. The molecule has 0 aromatic carbocycles. The van der Waals surface area contributed by atoms with Crippen LogP contribution in [-0.2, 0) is 9.53 Å². The van der Waals surface area contributed by atoms with E-state index >= 15 is 0 Å². The van der Waals surface area contributed by atoms with E-state index in [1.165, 1.54) is 12.8 Å². The smallest absolute Gasteiger partial charge is 0.334 e. The molecule has 0 unspecified atom stereocenters. The molecule has 0 amide bonds. The van der Waals surface area contributed by atoms with E-state index in [4.69, 9.17) is 5.73 Å². The van der Waals surface area contributed by atoms with Gasteiger partial charge in [0, 0.05) is 5.57 Å². The number of nitrogens with two attached hydrogens (primary N) is 1. The predicted molar refractivity (Wildman–Crippen MR) is 50.5 cm³/mol. The lowest BCUT2D eigenvalue weighted by Gasteiger charge is -1.96. The van der Waals surface area contributed by atoms with E-state index in [9.17, 15) is 4.79 Å². The van der Waals surface area contributed by atoms with Gasteiger partial charge in [-0.25, -0.2) is 4.79 Å². The molecule has 0 aromatic rings. The highest BCUT2D eigenvalue weighted by Crippen LogP contribution is 1.88. The fourth-order valence-electron chi connectivity index (χ4n) is 0.199. The first kappa shape index (κ1) is 13.7. The molecule has 0 heterocycles. The van der Waals surface area contributed by atoms with Crippen LogP contribution in [0.2, 0.25) is 0 Å². The van der Waals surface area contributed by atoms with Gasteiger partial charge in [0.05, 0.1) is 0 Å². The number of carbonyl (C=O) groups excluding carboxylic acids is 1. The molecular formula is C9H19NO2. The summed E-state index contributed by atoms with van der Waals surface area (Å²) in [6.45, 7) is 9.19. The average Bonchev–Trinajstić information content (AvgIpc) is 2.05. The summed E-state index contributed by atoms with van der Waals surface area (Å²) in [4.78, 5) is 10.3. The molecule has 12 heavy (non-hydrogen) atoms. The Kier molecular flexibility index (Phi) is 11.6. The van der Waals surface area contributed by atoms with Crippen LogP contribution >= 0.6 is 0 Å². The van der Waals surface area contributed by atoms with Gasteiger partial charge in [-0.15, -0.1) is 0 Å². The summed E-state index contributed by atoms with van der Waals surface area (Å²) in [5, 5.41) is 0. The zero-order chi connectivity index (χ0) is 9.98. The Bertz CT molecular complexity index is 130. The fraction of sp³-hybridized carbons (Fsp3) is 0.667. The van der Waals surface area contributed by atoms with Crippen LogP contribution < -0.4 is 5.73 Å². The number of hydrogen-bond donors (Lipinski definition) is 1. The number of hydrogen-bond acceptors (Lipinski definition) is 3. The van der Waals surface area contributed by atoms with Crippen LogP contribution in [0.3, 0.4) is 0 Å². The third-order valence-corrected chi connectivity index (χ3v) is 1.06. The van der Waals surface area contributed by atoms with Crippen LogP contribution in [0.25, 0.3) is 0 Å². The molecule has 0 fully saturated rings. The summed E-state index contributed by atoms with van der Waals surface area (Å²) in [6, 6.07) is 0. The maximum absolute atomic E-state index is 10.3. The van der Waals surface area contributed by atoms with Gasteiger partial charge in [-0.3, -0.25) is 5.73 Å². The summed E-state index contributed by atoms with van der Waals surface area (Å²) in [5.74, 6) is -0.437. The van der Waals surface area contributed by atoms with Crippen molar-refractivity contribution in [3.8, 4) is 0 Å². The van der Waals surface area contributed by atoms with Gasteiger partial charge in [0.1, 0.15) is 6.73 Å². The molecule has 0 aliphatic carbocycles. The Hall–Kier alpha value is -0.830. The molecule has 0 saturated carbocycles. The second-order valence-corrected chi connectivity index (χ2v) is 2.38. The van der Waals surface area contributed by atoms with E-state index in [0.717, 1.165) is 0 Å². The Morgan fingerprint density at radius 3 is 1.92 bits per heavy atom. The van der Waals surface area contributed by atoms with Gasteiger partial charge in [-0.05, 0) is 6.92 Å². The quantitative estimate of drug-likeness (QED) is 0.402. The molecule has 0 saturated heterocycles. The second-order valence-electron chi connectivity index (χ2n) is 2.38. The van der Waals surface area contributed by atoms with Crippen LogP contribution in [0.4, 0.5) is 0 Å². The van der Waals surface area contributed by atoms with E-state index in [-0.39, 0.29) is 6.73 Å². The number of carbonyl (C=O) groups is 1. The number of esters is 1. The van der Waals surface area contributed by atoms with Gasteiger partial charge in [-0.1, -0.05) is 33.3 Å². The monoisotopic (exact) mass is 173 g/mol. The Morgan fingerprint density at radius 1 is 1.42 bits per heavy atom. The van der Waals surface area contributed by atoms with Crippen LogP contribution in [0, 0.1) is 0 Å². The van der Waals surface area contributed by atoms with Gasteiger partial charge < -0.3 is 4.74 Å². The van der Waals surface area contributed by atoms with Gasteiger partial charge in [0.2, 0.25) is 0 Å². The first-order chi connectivity index (χ1) is 5.59. The second kappa shape index (κ2) is 10.2. The van der Waals surface area contributed by atoms with Gasteiger partial charge in [0.15, 0.2) is 0 Å². The Morgan fingerprint density at radius 2 is 1.83 bits per heavy atom. The summed E-state index contributed by atoms with van der Waals surface area (Å²) >= 11 is 0. The van der Waals surface area contributed by atoms with Crippen molar-refractivity contribution in [3.05, 3.63) is 12.2 Å². The topological polar surface area (TPSA) is 52.3 Å². The highest BCUT2D eigenvalue weighted by molar-refractivity contribution is 5.86. The van der Waals surface area contributed by atoms with Crippen molar-refractivity contribution in [2.75, 3.05) is 6.73 Å². The van der Waals surface area contributed by atoms with Gasteiger partial charge in [0.25, 0.3) is 0 Å². The minimum atomic E-state index is -0.437. The fourth-order valence-corrected chi connectivity index (χ4v) is 0.199. The molecule has 0 rings (SSSR count). The zero-order valence-electron chi connectivity index (χ0n) is 8.22. The molecule has 0 aliphatic heterocycles. The summed E-state index contributed by atoms with van der Waals surface area (Å²) in [6.07, 6.45) is 2.64. The first-order valence-corrected chi connectivity index (χ1v) is 4.12. The minimum Gasteiger partial charge on any atom is -0.447 e. The van der Waals surface area contributed by atoms with Crippen LogP contribution in [-0.4, -0.2) is 12.7 Å². The van der Waals surface area contributed by atoms with E-state index < -0.39 is 5.97 Å². The summed E-state index contributed by atoms with van der Waals surface area (Å²) in [5.41, 5.74) is 5.25. The third-order valence-electron chi connectivity index (χ3n) is 1.06. The van der Waals surface area contributed by atoms with Crippen LogP contribution in [0.1, 0.15) is 33.6 Å². The molecule has 0 aliphatic rings. The lowest BCUT2D eigenvalue weighted by Crippen LogP contribution is -2.11. The van der Waals surface area contributed by atoms with Crippen molar-refractivity contribution in [1.29, 1.82) is 0 Å². The molecule has 2 N–H and O–H groups in total. The molecule has 0 aromatic heterocycles. The zero-order valence-corrected chi connectivity index (χ0v) is 8.22. The number of unbranched alkanes of at least 4 members (excludes halogenated alkanes) is 1.